The Morgan fingerprint density at radius 3 is 1.28 bits per heavy atom. The Kier molecular flexibility index (Phi) is 30.6. The molecule has 0 atom stereocenters. The van der Waals surface area contributed by atoms with Crippen LogP contribution in [0.4, 0.5) is 0 Å². The number of pyridine rings is 4. The van der Waals surface area contributed by atoms with Crippen molar-refractivity contribution in [3.8, 4) is 51.7 Å². The topological polar surface area (TPSA) is 397 Å². The minimum Gasteiger partial charge on any atom is -0.871 e. The van der Waals surface area contributed by atoms with Crippen LogP contribution in [0, 0.1) is 0 Å². The van der Waals surface area contributed by atoms with Crippen LogP contribution in [0.5, 0.6) is 46.0 Å². The van der Waals surface area contributed by atoms with E-state index < -0.39 is 0 Å². The molecule has 0 saturated heterocycles. The van der Waals surface area contributed by atoms with E-state index in [1.165, 1.54) is 106 Å². The summed E-state index contributed by atoms with van der Waals surface area (Å²) >= 11 is 5.57. The predicted octanol–water partition coefficient (Wildman–Crippen LogP) is 13.1. The molecule has 0 bridgehead atoms. The average Bonchev–Trinajstić information content (AvgIpc) is 1.62. The second-order valence-corrected chi connectivity index (χ2v) is 27.1. The fourth-order valence-corrected chi connectivity index (χ4v) is 15.4. The van der Waals surface area contributed by atoms with Crippen molar-refractivity contribution in [2.75, 3.05) is 0 Å². The van der Waals surface area contributed by atoms with Crippen LogP contribution in [-0.4, -0.2) is 174 Å². The zero-order valence-corrected chi connectivity index (χ0v) is 73.8. The quantitative estimate of drug-likeness (QED) is 0.138. The molecule has 16 aromatic heterocycles. The minimum absolute atomic E-state index is 0. The molecule has 8 aromatic carbocycles. The van der Waals surface area contributed by atoms with Crippen LogP contribution in [0.3, 0.4) is 0 Å². The SMILES string of the molecule is [Al+3].[Al+3].[Be+2].[Be+2].[Be+2].[Ga+3].[Ga+3].[Ga+3].[O-]c1cccc2c1ncn2-c1ccccc1.[O-]c1cccc2c1oc1ccccc12.[O-]c1coc2ccc3cccnc3c12.[O-]c1coc2ccc3cccnc3c12.[O-]c1coc2ccc3ncsc3c12.[O-]c1coc2ccc3ncsc3c12.[O-]c1csc2ncc3ncoc3c12.[O-]c1csc2ncc3ncoc3c12. The summed E-state index contributed by atoms with van der Waals surface area (Å²) in [6.07, 6.45) is 15.8. The Bertz CT molecular complexity index is 6940. The number of benzene rings is 8. The van der Waals surface area contributed by atoms with Gasteiger partial charge in [-0.05, 0) is 95.7 Å². The fourth-order valence-electron chi connectivity index (χ4n) is 12.2. The van der Waals surface area contributed by atoms with Gasteiger partial charge in [0.25, 0.3) is 0 Å². The fraction of sp³-hybridized carbons (Fsp3) is 0. The van der Waals surface area contributed by atoms with Crippen LogP contribution in [0.15, 0.2) is 285 Å². The Morgan fingerprint density at radius 2 is 0.763 bits per heavy atom. The molecule has 0 aliphatic rings. The van der Waals surface area contributed by atoms with Crippen LogP contribution in [0.25, 0.3) is 167 Å². The van der Waals surface area contributed by atoms with Crippen molar-refractivity contribution in [2.24, 2.45) is 0 Å². The van der Waals surface area contributed by atoms with Crippen LogP contribution >= 0.6 is 45.3 Å². The van der Waals surface area contributed by atoms with Gasteiger partial charge in [0.2, 0.25) is 0 Å². The van der Waals surface area contributed by atoms with Crippen molar-refractivity contribution < 1.29 is 71.8 Å². The van der Waals surface area contributed by atoms with E-state index in [4.69, 9.17) is 30.9 Å². The molecule has 0 N–H and O–H groups in total. The van der Waals surface area contributed by atoms with E-state index in [-0.39, 0.29) is 170 Å². The molecule has 0 aliphatic heterocycles. The summed E-state index contributed by atoms with van der Waals surface area (Å²) in [5.74, 6) is -0.529. The Labute approximate surface area is 751 Å². The third kappa shape index (κ3) is 18.0. The normalized spacial score (nSPS) is 10.4. The summed E-state index contributed by atoms with van der Waals surface area (Å²) in [6.45, 7) is 0. The van der Waals surface area contributed by atoms with Gasteiger partial charge in [-0.15, -0.1) is 45.3 Å². The maximum absolute atomic E-state index is 11.5. The average molecular weight is 1810 g/mol. The first kappa shape index (κ1) is 90.7. The molecule has 24 rings (SSSR count). The number of thiazole rings is 2. The van der Waals surface area contributed by atoms with E-state index in [1.54, 1.807) is 78.5 Å². The van der Waals surface area contributed by atoms with Crippen LogP contribution in [-0.2, 0) is 0 Å². The second kappa shape index (κ2) is 39.9. The van der Waals surface area contributed by atoms with Crippen LogP contribution < -0.4 is 40.9 Å². The van der Waals surface area contributed by atoms with Crippen LogP contribution in [0.1, 0.15) is 0 Å². The molecule has 0 amide bonds. The molecule has 37 heteroatoms. The van der Waals surface area contributed by atoms with Gasteiger partial charge in [0.05, 0.1) is 91.0 Å². The van der Waals surface area contributed by atoms with E-state index in [2.05, 4.69) is 44.9 Å². The molecule has 118 heavy (non-hydrogen) atoms. The van der Waals surface area contributed by atoms with Gasteiger partial charge in [0.1, 0.15) is 60.5 Å². The van der Waals surface area contributed by atoms with Gasteiger partial charge in [-0.2, -0.15) is 0 Å². The van der Waals surface area contributed by atoms with E-state index in [0.717, 1.165) is 58.8 Å². The Balaban J connectivity index is 0.000000152. The monoisotopic (exact) mass is 1810 g/mol. The number of aromatic nitrogens is 10. The van der Waals surface area contributed by atoms with Crippen molar-refractivity contribution in [1.29, 1.82) is 0 Å². The number of furan rings is 5. The molecular weight excluding hydrogens is 1770 g/mol. The van der Waals surface area contributed by atoms with Crippen molar-refractivity contribution in [2.45, 2.75) is 0 Å². The van der Waals surface area contributed by atoms with E-state index in [1.807, 2.05) is 120 Å². The standard InChI is InChI=1S/C13H10N2O.C12H8O2.2C11H7NO2.2C9H5NO2S.2C8H4N2O2S.2Al.3Be.3Ga/c16-12-8-4-7-11-13(12)14-9-15(11)10-5-2-1-3-6-10;13-10-6-3-5-9-8-4-1-2-7-11(8)14-12(9)10;2*13-8-6-14-9-4-3-7-2-1-5-12-11(7)10(8)9;2*11-6-3-12-7-2-1-5-9(8(6)7)13-4-10-5;2*11-5-2-13-8-6(5)7-4(1-9-8)10-3-12-7;;;;;;;;/h1-9,16H;1-7,13H;2*1-6,13H;2*1-4,11H;2*1-3,11H;;;;;;;;/q;;;;;;;;2*+3;3*+2;3*+3/p-8. The van der Waals surface area contributed by atoms with Crippen LogP contribution in [0.2, 0.25) is 0 Å². The molecule has 0 radical (unpaired) electrons. The first-order valence-corrected chi connectivity index (χ1v) is 36.3. The van der Waals surface area contributed by atoms with Gasteiger partial charge >= 0.3 is 124 Å². The van der Waals surface area contributed by atoms with Crippen molar-refractivity contribution >= 4 is 332 Å². The molecule has 0 aliphatic carbocycles. The zero-order valence-electron chi connectivity index (χ0n) is 61.0. The first-order valence-electron chi connectivity index (χ1n) is 32.8. The minimum atomic E-state index is -0.107. The third-order valence-electron chi connectivity index (χ3n) is 17.2. The number of para-hydroxylation sites is 4. The summed E-state index contributed by atoms with van der Waals surface area (Å²) in [5, 5.41) is 102. The number of thiophene rings is 2. The number of hydrogen-bond donors (Lipinski definition) is 0. The zero-order chi connectivity index (χ0) is 74.9. The van der Waals surface area contributed by atoms with E-state index in [0.29, 0.717) is 109 Å². The summed E-state index contributed by atoms with van der Waals surface area (Å²) in [6, 6.07) is 50.1. The first-order chi connectivity index (χ1) is 53.9. The number of hydrogen-bond acceptors (Lipinski definition) is 28. The van der Waals surface area contributed by atoms with Gasteiger partial charge < -0.3 is 71.8 Å². The molecular formula is C81H42Al2Be3Ga3N10O15S4+13. The third-order valence-corrected chi connectivity index (χ3v) is 20.7. The number of nitrogens with zero attached hydrogens (tertiary/aromatic N) is 10. The van der Waals surface area contributed by atoms with Crippen molar-refractivity contribution in [1.82, 2.24) is 49.4 Å². The predicted molar refractivity (Wildman–Crippen MR) is 453 cm³/mol. The number of fused-ring (bicyclic) bond motifs is 22. The Hall–Kier alpha value is -11.2. The summed E-state index contributed by atoms with van der Waals surface area (Å²) in [4.78, 5) is 38.2. The Morgan fingerprint density at radius 1 is 0.314 bits per heavy atom. The molecule has 538 valence electrons. The summed E-state index contributed by atoms with van der Waals surface area (Å²) in [5.41, 5.74) is 15.0. The maximum Gasteiger partial charge on any atom is 3.00 e. The van der Waals surface area contributed by atoms with Crippen molar-refractivity contribution in [3.63, 3.8) is 0 Å². The van der Waals surface area contributed by atoms with Gasteiger partial charge in [-0.1, -0.05) is 125 Å². The van der Waals surface area contributed by atoms with Gasteiger partial charge in [-0.3, -0.25) is 14.5 Å². The molecule has 0 fully saturated rings. The summed E-state index contributed by atoms with van der Waals surface area (Å²) in [7, 11) is 0. The molecule has 0 spiro atoms. The van der Waals surface area contributed by atoms with Gasteiger partial charge in [-0.25, -0.2) is 34.9 Å². The number of oxazole rings is 2. The molecule has 24 aromatic rings. The molecule has 16 heterocycles. The maximum atomic E-state index is 11.5. The number of imidazole rings is 1. The van der Waals surface area contributed by atoms with E-state index >= 15 is 0 Å². The second-order valence-electron chi connectivity index (χ2n) is 23.7. The van der Waals surface area contributed by atoms with Gasteiger partial charge in [0.15, 0.2) is 24.0 Å². The molecule has 25 nitrogen and oxygen atoms in total. The van der Waals surface area contributed by atoms with E-state index in [9.17, 15) is 40.9 Å². The van der Waals surface area contributed by atoms with Crippen molar-refractivity contribution in [3.05, 3.63) is 255 Å². The smallest absolute Gasteiger partial charge is 0.871 e. The molecule has 0 saturated carbocycles. The summed E-state index contributed by atoms with van der Waals surface area (Å²) < 4.78 is 39.9. The van der Waals surface area contributed by atoms with Gasteiger partial charge in [0, 0.05) is 71.9 Å². The molecule has 0 unspecified atom stereocenters. The largest absolute Gasteiger partial charge is 3.00 e. The number of rotatable bonds is 1.